The Morgan fingerprint density at radius 2 is 1.94 bits per heavy atom. The minimum atomic E-state index is 0.575. The van der Waals surface area contributed by atoms with Gasteiger partial charge in [0.15, 0.2) is 0 Å². The molecular formula is C14H26IN. The Kier molecular flexibility index (Phi) is 8.16. The molecule has 0 amide bonds. The van der Waals surface area contributed by atoms with Gasteiger partial charge in [0.2, 0.25) is 0 Å². The fourth-order valence-electron chi connectivity index (χ4n) is 1.49. The maximum absolute atomic E-state index is 4.06. The molecule has 0 saturated carbocycles. The van der Waals surface area contributed by atoms with Crippen molar-refractivity contribution in [3.8, 4) is 0 Å². The van der Waals surface area contributed by atoms with Gasteiger partial charge < -0.3 is 4.90 Å². The average molecular weight is 335 g/mol. The number of rotatable bonds is 7. The molecular weight excluding hydrogens is 309 g/mol. The molecule has 2 heteroatoms. The SMILES string of the molecule is C=C(C)C(C)C/C(=C(\I)CCC)N(C)CC. The molecule has 0 spiro atoms. The van der Waals surface area contributed by atoms with Crippen LogP contribution in [0.25, 0.3) is 0 Å². The summed E-state index contributed by atoms with van der Waals surface area (Å²) in [5, 5.41) is 0. The molecule has 0 aromatic carbocycles. The molecule has 0 heterocycles. The van der Waals surface area contributed by atoms with Crippen LogP contribution in [0.2, 0.25) is 0 Å². The highest BCUT2D eigenvalue weighted by Gasteiger charge is 2.13. The summed E-state index contributed by atoms with van der Waals surface area (Å²) in [5.74, 6) is 0.575. The van der Waals surface area contributed by atoms with Gasteiger partial charge in [0, 0.05) is 22.9 Å². The van der Waals surface area contributed by atoms with Crippen LogP contribution in [0.15, 0.2) is 21.4 Å². The summed E-state index contributed by atoms with van der Waals surface area (Å²) >= 11 is 2.51. The standard InChI is InChI=1S/C14H26IN/c1-7-9-13(15)14(16(6)8-2)10-12(5)11(3)4/h12H,3,7-10H2,1-2,4-6H3/b14-13+. The van der Waals surface area contributed by atoms with Gasteiger partial charge in [0.25, 0.3) is 0 Å². The van der Waals surface area contributed by atoms with Crippen molar-refractivity contribution in [3.05, 3.63) is 21.4 Å². The van der Waals surface area contributed by atoms with E-state index in [0.29, 0.717) is 5.92 Å². The van der Waals surface area contributed by atoms with Crippen molar-refractivity contribution in [2.45, 2.75) is 47.0 Å². The molecule has 0 aromatic heterocycles. The zero-order chi connectivity index (χ0) is 12.7. The summed E-state index contributed by atoms with van der Waals surface area (Å²) in [6, 6.07) is 0. The van der Waals surface area contributed by atoms with E-state index in [4.69, 9.17) is 0 Å². The lowest BCUT2D eigenvalue weighted by Crippen LogP contribution is -2.20. The van der Waals surface area contributed by atoms with Gasteiger partial charge in [-0.05, 0) is 55.2 Å². The summed E-state index contributed by atoms with van der Waals surface area (Å²) in [7, 11) is 2.19. The second-order valence-corrected chi connectivity index (χ2v) is 5.87. The maximum atomic E-state index is 4.06. The first-order valence-corrected chi connectivity index (χ1v) is 7.25. The summed E-state index contributed by atoms with van der Waals surface area (Å²) in [4.78, 5) is 2.37. The van der Waals surface area contributed by atoms with Crippen LogP contribution < -0.4 is 0 Å². The van der Waals surface area contributed by atoms with E-state index in [0.717, 1.165) is 13.0 Å². The van der Waals surface area contributed by atoms with E-state index in [1.165, 1.54) is 27.7 Å². The number of hydrogen-bond acceptors (Lipinski definition) is 1. The fourth-order valence-corrected chi connectivity index (χ4v) is 2.66. The zero-order valence-corrected chi connectivity index (χ0v) is 13.6. The van der Waals surface area contributed by atoms with Gasteiger partial charge >= 0.3 is 0 Å². The lowest BCUT2D eigenvalue weighted by molar-refractivity contribution is 0.403. The Hall–Kier alpha value is 0.01000. The molecule has 16 heavy (non-hydrogen) atoms. The topological polar surface area (TPSA) is 3.24 Å². The van der Waals surface area contributed by atoms with Gasteiger partial charge in [0.1, 0.15) is 0 Å². The van der Waals surface area contributed by atoms with Crippen molar-refractivity contribution < 1.29 is 0 Å². The van der Waals surface area contributed by atoms with E-state index < -0.39 is 0 Å². The van der Waals surface area contributed by atoms with Crippen molar-refractivity contribution in [2.75, 3.05) is 13.6 Å². The van der Waals surface area contributed by atoms with Crippen molar-refractivity contribution in [1.29, 1.82) is 0 Å². The van der Waals surface area contributed by atoms with Crippen molar-refractivity contribution in [2.24, 2.45) is 5.92 Å². The predicted molar refractivity (Wildman–Crippen MR) is 82.9 cm³/mol. The summed E-state index contributed by atoms with van der Waals surface area (Å²) in [6.07, 6.45) is 3.54. The molecule has 0 N–H and O–H groups in total. The minimum Gasteiger partial charge on any atom is -0.378 e. The van der Waals surface area contributed by atoms with E-state index >= 15 is 0 Å². The van der Waals surface area contributed by atoms with Crippen LogP contribution in [0.1, 0.15) is 47.0 Å². The Labute approximate surface area is 115 Å². The van der Waals surface area contributed by atoms with Gasteiger partial charge in [0.05, 0.1) is 0 Å². The third kappa shape index (κ3) is 5.37. The van der Waals surface area contributed by atoms with Gasteiger partial charge in [-0.3, -0.25) is 0 Å². The van der Waals surface area contributed by atoms with E-state index in [9.17, 15) is 0 Å². The maximum Gasteiger partial charge on any atom is 0.0230 e. The molecule has 0 aromatic rings. The van der Waals surface area contributed by atoms with E-state index in [1.807, 2.05) is 0 Å². The normalized spacial score (nSPS) is 14.4. The molecule has 1 atom stereocenters. The molecule has 0 fully saturated rings. The Balaban J connectivity index is 4.81. The first-order valence-electron chi connectivity index (χ1n) is 6.18. The van der Waals surface area contributed by atoms with Crippen LogP contribution in [-0.2, 0) is 0 Å². The Bertz CT molecular complexity index is 255. The van der Waals surface area contributed by atoms with Gasteiger partial charge in [-0.15, -0.1) is 0 Å². The molecule has 1 nitrogen and oxygen atoms in total. The average Bonchev–Trinajstić information content (AvgIpc) is 2.24. The van der Waals surface area contributed by atoms with Crippen LogP contribution >= 0.6 is 22.6 Å². The number of allylic oxidation sites excluding steroid dienone is 3. The fraction of sp³-hybridized carbons (Fsp3) is 0.714. The second-order valence-electron chi connectivity index (χ2n) is 4.57. The largest absolute Gasteiger partial charge is 0.378 e. The third-order valence-corrected chi connectivity index (χ3v) is 4.22. The first-order chi connectivity index (χ1) is 7.43. The minimum absolute atomic E-state index is 0.575. The quantitative estimate of drug-likeness (QED) is 0.468. The number of nitrogens with zero attached hydrogens (tertiary/aromatic N) is 1. The molecule has 0 saturated heterocycles. The molecule has 0 aliphatic carbocycles. The summed E-state index contributed by atoms with van der Waals surface area (Å²) in [5.41, 5.74) is 2.78. The predicted octanol–water partition coefficient (Wildman–Crippen LogP) is 4.99. The first kappa shape index (κ1) is 16.0. The van der Waals surface area contributed by atoms with Crippen LogP contribution in [0.3, 0.4) is 0 Å². The molecule has 0 radical (unpaired) electrons. The van der Waals surface area contributed by atoms with Crippen LogP contribution in [0, 0.1) is 5.92 Å². The molecule has 0 bridgehead atoms. The van der Waals surface area contributed by atoms with Gasteiger partial charge in [-0.2, -0.15) is 0 Å². The molecule has 0 aliphatic heterocycles. The van der Waals surface area contributed by atoms with Gasteiger partial charge in [-0.1, -0.05) is 32.4 Å². The monoisotopic (exact) mass is 335 g/mol. The van der Waals surface area contributed by atoms with E-state index in [1.54, 1.807) is 0 Å². The summed E-state index contributed by atoms with van der Waals surface area (Å²) in [6.45, 7) is 14.0. The van der Waals surface area contributed by atoms with E-state index in [-0.39, 0.29) is 0 Å². The Morgan fingerprint density at radius 3 is 2.31 bits per heavy atom. The third-order valence-electron chi connectivity index (χ3n) is 3.06. The highest BCUT2D eigenvalue weighted by Crippen LogP contribution is 2.28. The van der Waals surface area contributed by atoms with Gasteiger partial charge in [-0.25, -0.2) is 0 Å². The van der Waals surface area contributed by atoms with Crippen LogP contribution in [-0.4, -0.2) is 18.5 Å². The highest BCUT2D eigenvalue weighted by atomic mass is 127. The van der Waals surface area contributed by atoms with Crippen LogP contribution in [0.4, 0.5) is 0 Å². The molecule has 0 rings (SSSR count). The highest BCUT2D eigenvalue weighted by molar-refractivity contribution is 14.1. The van der Waals surface area contributed by atoms with Crippen molar-refractivity contribution >= 4 is 22.6 Å². The summed E-state index contributed by atoms with van der Waals surface area (Å²) < 4.78 is 1.51. The van der Waals surface area contributed by atoms with Crippen molar-refractivity contribution in [3.63, 3.8) is 0 Å². The zero-order valence-electron chi connectivity index (χ0n) is 11.4. The number of halogens is 1. The lowest BCUT2D eigenvalue weighted by Gasteiger charge is -2.26. The second kappa shape index (κ2) is 8.15. The molecule has 1 unspecified atom stereocenters. The van der Waals surface area contributed by atoms with E-state index in [2.05, 4.69) is 68.8 Å². The Morgan fingerprint density at radius 1 is 1.38 bits per heavy atom. The number of hydrogen-bond donors (Lipinski definition) is 0. The lowest BCUT2D eigenvalue weighted by atomic mass is 9.97. The molecule has 0 aliphatic rings. The van der Waals surface area contributed by atoms with Crippen molar-refractivity contribution in [1.82, 2.24) is 4.90 Å². The van der Waals surface area contributed by atoms with Crippen LogP contribution in [0.5, 0.6) is 0 Å². The smallest absolute Gasteiger partial charge is 0.0230 e. The molecule has 94 valence electrons.